The molecule has 0 fully saturated rings. The molecule has 4 nitrogen and oxygen atoms in total. The first-order valence-corrected chi connectivity index (χ1v) is 4.40. The van der Waals surface area contributed by atoms with Crippen molar-refractivity contribution in [1.82, 2.24) is 0 Å². The number of phenols is 1. The minimum absolute atomic E-state index is 0.122. The number of hydrogen-bond acceptors (Lipinski definition) is 4. The predicted molar refractivity (Wildman–Crippen MR) is 53.7 cm³/mol. The first-order valence-electron chi connectivity index (χ1n) is 4.03. The lowest BCUT2D eigenvalue weighted by molar-refractivity contribution is 0.267. The lowest BCUT2D eigenvalue weighted by Crippen LogP contribution is -2.14. The summed E-state index contributed by atoms with van der Waals surface area (Å²) in [4.78, 5) is 0. The first kappa shape index (κ1) is 11.1. The molecule has 0 bridgehead atoms. The van der Waals surface area contributed by atoms with Gasteiger partial charge >= 0.3 is 0 Å². The largest absolute Gasteiger partial charge is 0.503 e. The van der Waals surface area contributed by atoms with Crippen LogP contribution in [0.25, 0.3) is 0 Å². The van der Waals surface area contributed by atoms with Gasteiger partial charge in [0.1, 0.15) is 0 Å². The van der Waals surface area contributed by atoms with Crippen LogP contribution in [0.5, 0.6) is 11.5 Å². The van der Waals surface area contributed by atoms with Gasteiger partial charge in [-0.15, -0.1) is 0 Å². The third kappa shape index (κ3) is 2.09. The van der Waals surface area contributed by atoms with Gasteiger partial charge < -0.3 is 20.7 Å². The molecule has 0 spiro atoms. The van der Waals surface area contributed by atoms with Crippen LogP contribution >= 0.6 is 11.6 Å². The van der Waals surface area contributed by atoms with E-state index in [4.69, 9.17) is 27.2 Å². The molecule has 14 heavy (non-hydrogen) atoms. The molecule has 0 aliphatic heterocycles. The fraction of sp³-hybridized carbons (Fsp3) is 0.333. The first-order chi connectivity index (χ1) is 6.60. The lowest BCUT2D eigenvalue weighted by Gasteiger charge is -2.12. The van der Waals surface area contributed by atoms with Crippen molar-refractivity contribution < 1.29 is 14.9 Å². The zero-order valence-electron chi connectivity index (χ0n) is 7.70. The third-order valence-corrected chi connectivity index (χ3v) is 2.18. The Morgan fingerprint density at radius 3 is 2.71 bits per heavy atom. The Labute approximate surface area is 86.9 Å². The molecule has 0 aromatic heterocycles. The second kappa shape index (κ2) is 4.50. The summed E-state index contributed by atoms with van der Waals surface area (Å²) in [5.41, 5.74) is 6.21. The second-order valence-electron chi connectivity index (χ2n) is 2.84. The van der Waals surface area contributed by atoms with Crippen molar-refractivity contribution in [3.05, 3.63) is 22.7 Å². The highest BCUT2D eigenvalue weighted by atomic mass is 35.5. The number of aliphatic hydroxyl groups is 1. The molecule has 0 heterocycles. The monoisotopic (exact) mass is 217 g/mol. The molecular formula is C9H12ClNO3. The Kier molecular flexibility index (Phi) is 3.57. The number of aromatic hydroxyl groups is 1. The smallest absolute Gasteiger partial charge is 0.176 e. The van der Waals surface area contributed by atoms with Gasteiger partial charge in [-0.1, -0.05) is 11.6 Å². The molecule has 1 rings (SSSR count). The average Bonchev–Trinajstić information content (AvgIpc) is 2.20. The fourth-order valence-corrected chi connectivity index (χ4v) is 1.29. The van der Waals surface area contributed by atoms with Gasteiger partial charge in [-0.2, -0.15) is 0 Å². The maximum absolute atomic E-state index is 9.42. The van der Waals surface area contributed by atoms with Crippen LogP contribution in [0.3, 0.4) is 0 Å². The quantitative estimate of drug-likeness (QED) is 0.707. The molecule has 0 aliphatic rings. The average molecular weight is 218 g/mol. The van der Waals surface area contributed by atoms with Crippen molar-refractivity contribution in [2.75, 3.05) is 13.7 Å². The molecule has 0 saturated heterocycles. The van der Waals surface area contributed by atoms with Crippen molar-refractivity contribution in [2.24, 2.45) is 5.73 Å². The highest BCUT2D eigenvalue weighted by Crippen LogP contribution is 2.36. The molecule has 0 radical (unpaired) electrons. The zero-order chi connectivity index (χ0) is 10.7. The minimum atomic E-state index is -0.526. The minimum Gasteiger partial charge on any atom is -0.503 e. The maximum atomic E-state index is 9.42. The van der Waals surface area contributed by atoms with Crippen LogP contribution < -0.4 is 10.5 Å². The van der Waals surface area contributed by atoms with E-state index in [2.05, 4.69) is 0 Å². The third-order valence-electron chi connectivity index (χ3n) is 1.90. The number of nitrogens with two attached hydrogens (primary N) is 1. The van der Waals surface area contributed by atoms with Crippen LogP contribution in [0.1, 0.15) is 11.6 Å². The van der Waals surface area contributed by atoms with Gasteiger partial charge in [0.15, 0.2) is 11.5 Å². The molecule has 0 amide bonds. The van der Waals surface area contributed by atoms with Crippen molar-refractivity contribution in [2.45, 2.75) is 6.04 Å². The molecule has 78 valence electrons. The normalized spacial score (nSPS) is 12.6. The zero-order valence-corrected chi connectivity index (χ0v) is 8.45. The van der Waals surface area contributed by atoms with Crippen LogP contribution in [0, 0.1) is 0 Å². The van der Waals surface area contributed by atoms with Crippen LogP contribution in [-0.4, -0.2) is 23.9 Å². The summed E-state index contributed by atoms with van der Waals surface area (Å²) in [7, 11) is 1.42. The SMILES string of the molecule is COc1cc(C(N)CO)cc(Cl)c1O. The van der Waals surface area contributed by atoms with E-state index < -0.39 is 6.04 Å². The van der Waals surface area contributed by atoms with E-state index in [1.54, 1.807) is 6.07 Å². The summed E-state index contributed by atoms with van der Waals surface area (Å²) < 4.78 is 4.89. The summed E-state index contributed by atoms with van der Waals surface area (Å²) in [6.07, 6.45) is 0. The van der Waals surface area contributed by atoms with Crippen molar-refractivity contribution in [1.29, 1.82) is 0 Å². The lowest BCUT2D eigenvalue weighted by atomic mass is 10.1. The van der Waals surface area contributed by atoms with E-state index in [0.29, 0.717) is 5.56 Å². The predicted octanol–water partition coefficient (Wildman–Crippen LogP) is 1.05. The van der Waals surface area contributed by atoms with Gasteiger partial charge in [0.25, 0.3) is 0 Å². The van der Waals surface area contributed by atoms with E-state index in [1.807, 2.05) is 0 Å². The van der Waals surface area contributed by atoms with Crippen molar-refractivity contribution >= 4 is 11.6 Å². The van der Waals surface area contributed by atoms with Crippen LogP contribution in [-0.2, 0) is 0 Å². The summed E-state index contributed by atoms with van der Waals surface area (Å²) in [6, 6.07) is 2.52. The summed E-state index contributed by atoms with van der Waals surface area (Å²) in [6.45, 7) is -0.190. The molecule has 0 saturated carbocycles. The highest BCUT2D eigenvalue weighted by Gasteiger charge is 2.12. The van der Waals surface area contributed by atoms with Gasteiger partial charge in [-0.25, -0.2) is 0 Å². The van der Waals surface area contributed by atoms with Gasteiger partial charge in [0.05, 0.1) is 24.8 Å². The van der Waals surface area contributed by atoms with E-state index >= 15 is 0 Å². The molecule has 1 atom stereocenters. The topological polar surface area (TPSA) is 75.7 Å². The van der Waals surface area contributed by atoms with Gasteiger partial charge in [0, 0.05) is 0 Å². The molecule has 1 aromatic carbocycles. The second-order valence-corrected chi connectivity index (χ2v) is 3.25. The standard InChI is InChI=1S/C9H12ClNO3/c1-14-8-3-5(7(11)4-12)2-6(10)9(8)13/h2-3,7,12-13H,4,11H2,1H3. The Morgan fingerprint density at radius 1 is 1.57 bits per heavy atom. The van der Waals surface area contributed by atoms with E-state index in [-0.39, 0.29) is 23.1 Å². The van der Waals surface area contributed by atoms with Crippen LogP contribution in [0.4, 0.5) is 0 Å². The van der Waals surface area contributed by atoms with Gasteiger partial charge in [-0.3, -0.25) is 0 Å². The van der Waals surface area contributed by atoms with Gasteiger partial charge in [0.2, 0.25) is 0 Å². The van der Waals surface area contributed by atoms with Crippen LogP contribution in [0.15, 0.2) is 12.1 Å². The van der Waals surface area contributed by atoms with E-state index in [9.17, 15) is 5.11 Å². The molecule has 1 aromatic rings. The summed E-state index contributed by atoms with van der Waals surface area (Å²) in [5.74, 6) is 0.124. The van der Waals surface area contributed by atoms with E-state index in [1.165, 1.54) is 13.2 Å². The molecule has 5 heteroatoms. The number of phenolic OH excluding ortho intramolecular Hbond substituents is 1. The number of hydrogen-bond donors (Lipinski definition) is 3. The molecular weight excluding hydrogens is 206 g/mol. The van der Waals surface area contributed by atoms with E-state index in [0.717, 1.165) is 0 Å². The summed E-state index contributed by atoms with van der Waals surface area (Å²) >= 11 is 5.73. The molecule has 4 N–H and O–H groups in total. The Morgan fingerprint density at radius 2 is 2.21 bits per heavy atom. The Bertz CT molecular complexity index is 330. The number of halogens is 1. The number of rotatable bonds is 3. The maximum Gasteiger partial charge on any atom is 0.176 e. The number of ether oxygens (including phenoxy) is 1. The van der Waals surface area contributed by atoms with Crippen molar-refractivity contribution in [3.63, 3.8) is 0 Å². The Hall–Kier alpha value is -0.970. The Balaban J connectivity index is 3.16. The molecule has 0 aliphatic carbocycles. The number of aliphatic hydroxyl groups excluding tert-OH is 1. The van der Waals surface area contributed by atoms with Crippen LogP contribution in [0.2, 0.25) is 5.02 Å². The molecule has 1 unspecified atom stereocenters. The van der Waals surface area contributed by atoms with Crippen molar-refractivity contribution in [3.8, 4) is 11.5 Å². The summed E-state index contributed by atoms with van der Waals surface area (Å²) in [5, 5.41) is 18.4. The fourth-order valence-electron chi connectivity index (χ4n) is 1.07. The highest BCUT2D eigenvalue weighted by molar-refractivity contribution is 6.32. The number of methoxy groups -OCH3 is 1. The van der Waals surface area contributed by atoms with Gasteiger partial charge in [-0.05, 0) is 17.7 Å². The number of benzene rings is 1.